The van der Waals surface area contributed by atoms with Gasteiger partial charge in [0.2, 0.25) is 0 Å². The minimum absolute atomic E-state index is 0.274. The summed E-state index contributed by atoms with van der Waals surface area (Å²) in [5, 5.41) is -0.732. The van der Waals surface area contributed by atoms with Crippen molar-refractivity contribution in [1.82, 2.24) is 5.32 Å². The molecule has 1 saturated heterocycles. The Morgan fingerprint density at radius 3 is 2.41 bits per heavy atom. The zero-order chi connectivity index (χ0) is 16.5. The lowest BCUT2D eigenvalue weighted by Crippen LogP contribution is -2.45. The zero-order valence-electron chi connectivity index (χ0n) is 10.4. The molecule has 1 unspecified atom stereocenters. The first-order valence-corrected chi connectivity index (χ1v) is 6.72. The minimum atomic E-state index is -5.42. The molecular weight excluding hydrogens is 350 g/mol. The van der Waals surface area contributed by atoms with E-state index in [1.54, 1.807) is 5.32 Å². The largest absolute Gasteiger partial charge is 0.442 e. The van der Waals surface area contributed by atoms with Gasteiger partial charge in [-0.1, -0.05) is 11.6 Å². The molecule has 1 aliphatic heterocycles. The molecule has 1 aromatic rings. The summed E-state index contributed by atoms with van der Waals surface area (Å²) < 4.78 is 51.0. The number of urea groups is 1. The highest BCUT2D eigenvalue weighted by atomic mass is 35.5. The number of rotatable bonds is 1. The molecule has 3 amide bonds. The summed E-state index contributed by atoms with van der Waals surface area (Å²) in [6, 6.07) is 4.71. The summed E-state index contributed by atoms with van der Waals surface area (Å²) >= 11 is 5.12. The number of anilines is 1. The summed E-state index contributed by atoms with van der Waals surface area (Å²) in [5.41, 5.74) is 0.274. The van der Waals surface area contributed by atoms with Crippen molar-refractivity contribution in [3.63, 3.8) is 0 Å². The standard InChI is InChI=1S/C11H6ClF4N3O2S/c12-5-1-3-6(4-2-5)17-8(21)19-9-18-7(20)10(13,22-9)11(14,15)16/h1-4H,(H2,17,18,19,20,21). The summed E-state index contributed by atoms with van der Waals surface area (Å²) in [6.45, 7) is 0. The van der Waals surface area contributed by atoms with E-state index in [9.17, 15) is 27.2 Å². The quantitative estimate of drug-likeness (QED) is 0.759. The van der Waals surface area contributed by atoms with E-state index in [0.29, 0.717) is 5.02 Å². The Kier molecular flexibility index (Phi) is 4.34. The van der Waals surface area contributed by atoms with Gasteiger partial charge < -0.3 is 10.6 Å². The van der Waals surface area contributed by atoms with Gasteiger partial charge in [0.05, 0.1) is 0 Å². The second kappa shape index (κ2) is 5.76. The first kappa shape index (κ1) is 16.6. The molecule has 5 nitrogen and oxygen atoms in total. The zero-order valence-corrected chi connectivity index (χ0v) is 11.9. The molecule has 0 saturated carbocycles. The second-order valence-corrected chi connectivity index (χ2v) is 5.59. The maximum Gasteiger partial charge on any atom is 0.442 e. The van der Waals surface area contributed by atoms with Crippen LogP contribution in [-0.2, 0) is 4.79 Å². The third-order valence-electron chi connectivity index (χ3n) is 2.41. The van der Waals surface area contributed by atoms with Crippen LogP contribution in [0.5, 0.6) is 0 Å². The second-order valence-electron chi connectivity index (χ2n) is 4.00. The van der Waals surface area contributed by atoms with Gasteiger partial charge in [0.15, 0.2) is 5.17 Å². The van der Waals surface area contributed by atoms with Crippen LogP contribution in [0.15, 0.2) is 29.3 Å². The molecule has 0 aliphatic carbocycles. The molecule has 2 N–H and O–H groups in total. The number of thioether (sulfide) groups is 1. The average Bonchev–Trinajstić information content (AvgIpc) is 2.68. The number of benzene rings is 1. The number of amides is 3. The molecule has 22 heavy (non-hydrogen) atoms. The van der Waals surface area contributed by atoms with Crippen molar-refractivity contribution < 1.29 is 27.2 Å². The van der Waals surface area contributed by atoms with Gasteiger partial charge in [0, 0.05) is 10.7 Å². The van der Waals surface area contributed by atoms with Crippen LogP contribution >= 0.6 is 23.4 Å². The van der Waals surface area contributed by atoms with E-state index in [-0.39, 0.29) is 5.69 Å². The Morgan fingerprint density at radius 1 is 1.32 bits per heavy atom. The van der Waals surface area contributed by atoms with Gasteiger partial charge in [-0.2, -0.15) is 18.2 Å². The molecule has 1 aliphatic rings. The van der Waals surface area contributed by atoms with Gasteiger partial charge >= 0.3 is 17.2 Å². The Balaban J connectivity index is 2.09. The molecule has 0 radical (unpaired) electrons. The Bertz CT molecular complexity index is 650. The van der Waals surface area contributed by atoms with Gasteiger partial charge in [-0.15, -0.1) is 0 Å². The number of nitrogens with one attached hydrogen (secondary N) is 2. The monoisotopic (exact) mass is 355 g/mol. The number of alkyl halides is 4. The Morgan fingerprint density at radius 2 is 1.91 bits per heavy atom. The first-order chi connectivity index (χ1) is 10.1. The lowest BCUT2D eigenvalue weighted by Gasteiger charge is -2.17. The van der Waals surface area contributed by atoms with E-state index in [4.69, 9.17) is 11.6 Å². The number of carbonyl (C=O) groups is 2. The van der Waals surface area contributed by atoms with E-state index >= 15 is 0 Å². The highest BCUT2D eigenvalue weighted by Gasteiger charge is 2.67. The highest BCUT2D eigenvalue weighted by molar-refractivity contribution is 8.16. The molecule has 0 bridgehead atoms. The van der Waals surface area contributed by atoms with E-state index in [0.717, 1.165) is 0 Å². The van der Waals surface area contributed by atoms with Crippen LogP contribution in [0.3, 0.4) is 0 Å². The smallest absolute Gasteiger partial charge is 0.306 e. The van der Waals surface area contributed by atoms with Gasteiger partial charge in [-0.05, 0) is 36.0 Å². The van der Waals surface area contributed by atoms with E-state index in [2.05, 4.69) is 10.3 Å². The fourth-order valence-corrected chi connectivity index (χ4v) is 2.32. The average molecular weight is 356 g/mol. The number of hydrogen-bond acceptors (Lipinski definition) is 3. The predicted octanol–water partition coefficient (Wildman–Crippen LogP) is 3.32. The molecule has 0 aromatic heterocycles. The molecule has 1 heterocycles. The van der Waals surface area contributed by atoms with Crippen LogP contribution in [0.4, 0.5) is 28.0 Å². The van der Waals surface area contributed by atoms with Gasteiger partial charge in [-0.25, -0.2) is 9.18 Å². The lowest BCUT2D eigenvalue weighted by atomic mass is 10.3. The third kappa shape index (κ3) is 3.33. The van der Waals surface area contributed by atoms with Crippen molar-refractivity contribution >= 4 is 46.2 Å². The molecule has 1 atom stereocenters. The van der Waals surface area contributed by atoms with Gasteiger partial charge in [0.1, 0.15) is 0 Å². The molecular formula is C11H6ClF4N3O2S. The molecule has 1 fully saturated rings. The predicted molar refractivity (Wildman–Crippen MR) is 73.5 cm³/mol. The number of amidine groups is 1. The van der Waals surface area contributed by atoms with Crippen molar-refractivity contribution in [2.75, 3.05) is 5.32 Å². The van der Waals surface area contributed by atoms with E-state index in [1.165, 1.54) is 24.3 Å². The first-order valence-electron chi connectivity index (χ1n) is 5.53. The van der Waals surface area contributed by atoms with Crippen LogP contribution in [0.25, 0.3) is 0 Å². The number of carbonyl (C=O) groups excluding carboxylic acids is 2. The van der Waals surface area contributed by atoms with Crippen molar-refractivity contribution in [2.24, 2.45) is 4.99 Å². The molecule has 11 heteroatoms. The van der Waals surface area contributed by atoms with Crippen LogP contribution in [0, 0.1) is 0 Å². The van der Waals surface area contributed by atoms with Crippen LogP contribution in [0.2, 0.25) is 5.02 Å². The van der Waals surface area contributed by atoms with Crippen LogP contribution in [0.1, 0.15) is 0 Å². The third-order valence-corrected chi connectivity index (χ3v) is 3.75. The topological polar surface area (TPSA) is 70.6 Å². The molecule has 2 rings (SSSR count). The maximum absolute atomic E-state index is 13.6. The van der Waals surface area contributed by atoms with Crippen molar-refractivity contribution in [2.45, 2.75) is 11.2 Å². The van der Waals surface area contributed by atoms with E-state index in [1.807, 2.05) is 0 Å². The molecule has 0 spiro atoms. The SMILES string of the molecule is O=C(N=C1NC(=O)C(F)(C(F)(F)F)S1)Nc1ccc(Cl)cc1. The Hall–Kier alpha value is -1.81. The fraction of sp³-hybridized carbons (Fsp3) is 0.182. The lowest BCUT2D eigenvalue weighted by molar-refractivity contribution is -0.195. The molecule has 1 aromatic carbocycles. The van der Waals surface area contributed by atoms with Crippen molar-refractivity contribution in [3.05, 3.63) is 29.3 Å². The number of nitrogens with zero attached hydrogens (tertiary/aromatic N) is 1. The van der Waals surface area contributed by atoms with Crippen molar-refractivity contribution in [3.8, 4) is 0 Å². The van der Waals surface area contributed by atoms with Gasteiger partial charge in [0.25, 0.3) is 5.91 Å². The molecule has 118 valence electrons. The summed E-state index contributed by atoms with van der Waals surface area (Å²) in [6.07, 6.45) is -5.42. The normalized spacial score (nSPS) is 23.5. The Labute approximate surface area is 130 Å². The number of aliphatic imine (C=N–C) groups is 1. The fourth-order valence-electron chi connectivity index (χ4n) is 1.40. The number of hydrogen-bond donors (Lipinski definition) is 2. The van der Waals surface area contributed by atoms with Crippen molar-refractivity contribution in [1.29, 1.82) is 0 Å². The van der Waals surface area contributed by atoms with Gasteiger partial charge in [-0.3, -0.25) is 4.79 Å². The highest BCUT2D eigenvalue weighted by Crippen LogP contribution is 2.46. The summed E-state index contributed by atoms with van der Waals surface area (Å²) in [7, 11) is 0. The van der Waals surface area contributed by atoms with Crippen LogP contribution < -0.4 is 10.6 Å². The van der Waals surface area contributed by atoms with E-state index < -0.39 is 40.0 Å². The summed E-state index contributed by atoms with van der Waals surface area (Å²) in [4.78, 5) is 25.8. The van der Waals surface area contributed by atoms with Crippen LogP contribution in [-0.4, -0.2) is 28.3 Å². The minimum Gasteiger partial charge on any atom is -0.306 e. The number of halogens is 5. The summed E-state index contributed by atoms with van der Waals surface area (Å²) in [5.74, 6) is -1.93. The maximum atomic E-state index is 13.6.